The van der Waals surface area contributed by atoms with Crippen molar-refractivity contribution in [1.82, 2.24) is 10.2 Å². The van der Waals surface area contributed by atoms with Crippen LogP contribution in [0.1, 0.15) is 60.8 Å². The van der Waals surface area contributed by atoms with Gasteiger partial charge in [-0.15, -0.1) is 0 Å². The van der Waals surface area contributed by atoms with E-state index in [4.69, 9.17) is 4.99 Å². The Hall–Kier alpha value is -2.93. The van der Waals surface area contributed by atoms with Gasteiger partial charge in [-0.05, 0) is 49.9 Å². The number of rotatable bonds is 5. The number of fused-ring (bicyclic) bond motifs is 3. The summed E-state index contributed by atoms with van der Waals surface area (Å²) in [6, 6.07) is 13.8. The first kappa shape index (κ1) is 22.8. The van der Waals surface area contributed by atoms with Gasteiger partial charge >= 0.3 is 0 Å². The summed E-state index contributed by atoms with van der Waals surface area (Å²) in [7, 11) is 0. The van der Waals surface area contributed by atoms with Crippen molar-refractivity contribution in [2.24, 2.45) is 9.98 Å². The maximum atomic E-state index is 13.0. The number of nitrogens with one attached hydrogen (secondary N) is 1. The van der Waals surface area contributed by atoms with Crippen molar-refractivity contribution in [3.63, 3.8) is 0 Å². The third kappa shape index (κ3) is 4.67. The van der Waals surface area contributed by atoms with Gasteiger partial charge in [-0.1, -0.05) is 66.9 Å². The molecule has 7 heteroatoms. The van der Waals surface area contributed by atoms with Crippen molar-refractivity contribution in [2.45, 2.75) is 70.2 Å². The van der Waals surface area contributed by atoms with Crippen LogP contribution in [0.25, 0.3) is 0 Å². The second-order valence-corrected chi connectivity index (χ2v) is 10.3. The lowest BCUT2D eigenvalue weighted by Gasteiger charge is -2.31. The van der Waals surface area contributed by atoms with Crippen LogP contribution in [0.4, 0.5) is 5.69 Å². The minimum absolute atomic E-state index is 0.0840. The summed E-state index contributed by atoms with van der Waals surface area (Å²) in [4.78, 5) is 37.1. The van der Waals surface area contributed by atoms with Crippen LogP contribution in [0.15, 0.2) is 52.4 Å². The van der Waals surface area contributed by atoms with E-state index in [0.29, 0.717) is 5.84 Å². The highest BCUT2D eigenvalue weighted by molar-refractivity contribution is 8.13. The van der Waals surface area contributed by atoms with Gasteiger partial charge in [-0.3, -0.25) is 14.5 Å². The molecule has 1 unspecified atom stereocenters. The quantitative estimate of drug-likeness (QED) is 0.659. The summed E-state index contributed by atoms with van der Waals surface area (Å²) in [6.07, 6.45) is 5.65. The smallest absolute Gasteiger partial charge is 0.271 e. The Labute approximate surface area is 204 Å². The van der Waals surface area contributed by atoms with E-state index < -0.39 is 6.04 Å². The maximum Gasteiger partial charge on any atom is 0.271 e. The summed E-state index contributed by atoms with van der Waals surface area (Å²) in [6.45, 7) is 4.21. The van der Waals surface area contributed by atoms with Crippen LogP contribution in [0, 0.1) is 13.8 Å². The summed E-state index contributed by atoms with van der Waals surface area (Å²) in [5.41, 5.74) is 5.34. The number of thioether (sulfide) groups is 1. The number of nitrogens with zero attached hydrogens (tertiary/aromatic N) is 3. The minimum Gasteiger partial charge on any atom is -0.353 e. The first-order valence-electron chi connectivity index (χ1n) is 12.1. The second-order valence-electron chi connectivity index (χ2n) is 9.40. The molecule has 34 heavy (non-hydrogen) atoms. The van der Waals surface area contributed by atoms with Crippen molar-refractivity contribution < 1.29 is 9.59 Å². The number of aliphatic imine (C=N–C) groups is 2. The standard InChI is InChI=1S/C27H30N4O2S/c1-17-12-13-19(18(2)14-17)16-34-27-29-22-11-7-6-10-21(22)25-30-26(33)23(31(25)27)15-24(32)28-20-8-4-3-5-9-20/h6-7,10-14,20,23H,3-5,8-9,15-16H2,1-2H3,(H,28,32). The Kier molecular flexibility index (Phi) is 6.55. The van der Waals surface area contributed by atoms with Crippen molar-refractivity contribution >= 4 is 40.3 Å². The van der Waals surface area contributed by atoms with Crippen LogP contribution < -0.4 is 5.32 Å². The molecule has 1 aliphatic carbocycles. The molecule has 0 radical (unpaired) electrons. The molecule has 2 heterocycles. The van der Waals surface area contributed by atoms with E-state index in [1.165, 1.54) is 23.1 Å². The lowest BCUT2D eigenvalue weighted by Crippen LogP contribution is -2.47. The molecule has 1 saturated carbocycles. The van der Waals surface area contributed by atoms with Crippen molar-refractivity contribution in [3.8, 4) is 0 Å². The largest absolute Gasteiger partial charge is 0.353 e. The SMILES string of the molecule is Cc1ccc(CSC2=Nc3ccccc3C3=NC(=O)C(CC(=O)NC4CCCCC4)N23)c(C)c1. The summed E-state index contributed by atoms with van der Waals surface area (Å²) in [5, 5.41) is 3.87. The number of benzene rings is 2. The lowest BCUT2D eigenvalue weighted by atomic mass is 9.95. The Morgan fingerprint density at radius 1 is 1.09 bits per heavy atom. The number of amidine groups is 2. The van der Waals surface area contributed by atoms with Crippen LogP contribution in [-0.2, 0) is 15.3 Å². The first-order chi connectivity index (χ1) is 16.5. The molecule has 1 N–H and O–H groups in total. The molecule has 2 aliphatic heterocycles. The van der Waals surface area contributed by atoms with Crippen molar-refractivity contribution in [2.75, 3.05) is 0 Å². The molecule has 3 aliphatic rings. The molecule has 2 aromatic carbocycles. The van der Waals surface area contributed by atoms with Gasteiger partial charge in [0.05, 0.1) is 12.1 Å². The highest BCUT2D eigenvalue weighted by atomic mass is 32.2. The van der Waals surface area contributed by atoms with Gasteiger partial charge in [0.2, 0.25) is 5.91 Å². The van der Waals surface area contributed by atoms with Gasteiger partial charge in [0.25, 0.3) is 5.91 Å². The van der Waals surface area contributed by atoms with Crippen molar-refractivity contribution in [1.29, 1.82) is 0 Å². The van der Waals surface area contributed by atoms with E-state index in [-0.39, 0.29) is 24.3 Å². The van der Waals surface area contributed by atoms with Gasteiger partial charge in [-0.25, -0.2) is 4.99 Å². The Bertz CT molecular complexity index is 1180. The predicted octanol–water partition coefficient (Wildman–Crippen LogP) is 5.03. The van der Waals surface area contributed by atoms with Crippen LogP contribution in [0.3, 0.4) is 0 Å². The summed E-state index contributed by atoms with van der Waals surface area (Å²) in [5.74, 6) is 0.977. The molecule has 0 bridgehead atoms. The van der Waals surface area contributed by atoms with E-state index in [9.17, 15) is 9.59 Å². The zero-order valence-corrected chi connectivity index (χ0v) is 20.5. The average molecular weight is 475 g/mol. The lowest BCUT2D eigenvalue weighted by molar-refractivity contribution is -0.127. The first-order valence-corrected chi connectivity index (χ1v) is 13.1. The fraction of sp³-hybridized carbons (Fsp3) is 0.407. The molecule has 2 aromatic rings. The van der Waals surface area contributed by atoms with Crippen LogP contribution >= 0.6 is 11.8 Å². The summed E-state index contributed by atoms with van der Waals surface area (Å²) < 4.78 is 0. The van der Waals surface area contributed by atoms with Gasteiger partial charge in [0.15, 0.2) is 5.17 Å². The highest BCUT2D eigenvalue weighted by Crippen LogP contribution is 2.36. The van der Waals surface area contributed by atoms with Crippen molar-refractivity contribution in [3.05, 3.63) is 64.7 Å². The number of aryl methyl sites for hydroxylation is 2. The molecular formula is C27H30N4O2S. The normalized spacial score (nSPS) is 19.9. The zero-order chi connectivity index (χ0) is 23.7. The molecule has 6 nitrogen and oxygen atoms in total. The van der Waals surface area contributed by atoms with E-state index in [2.05, 4.69) is 42.4 Å². The van der Waals surface area contributed by atoms with Gasteiger partial charge < -0.3 is 5.32 Å². The fourth-order valence-electron chi connectivity index (χ4n) is 4.96. The number of hydrogen-bond acceptors (Lipinski definition) is 5. The zero-order valence-electron chi connectivity index (χ0n) is 19.7. The van der Waals surface area contributed by atoms with E-state index >= 15 is 0 Å². The molecule has 2 amide bonds. The van der Waals surface area contributed by atoms with Crippen LogP contribution in [-0.4, -0.2) is 39.8 Å². The monoisotopic (exact) mass is 474 g/mol. The average Bonchev–Trinajstić information content (AvgIpc) is 3.15. The third-order valence-electron chi connectivity index (χ3n) is 6.81. The number of amides is 2. The molecule has 0 aromatic heterocycles. The van der Waals surface area contributed by atoms with E-state index in [1.54, 1.807) is 11.8 Å². The van der Waals surface area contributed by atoms with Crippen LogP contribution in [0.5, 0.6) is 0 Å². The van der Waals surface area contributed by atoms with E-state index in [1.807, 2.05) is 29.2 Å². The summed E-state index contributed by atoms with van der Waals surface area (Å²) >= 11 is 1.59. The molecule has 0 spiro atoms. The van der Waals surface area contributed by atoms with Gasteiger partial charge in [0.1, 0.15) is 11.9 Å². The number of para-hydroxylation sites is 1. The second kappa shape index (κ2) is 9.74. The topological polar surface area (TPSA) is 74.1 Å². The number of hydrogen-bond donors (Lipinski definition) is 1. The molecule has 1 fully saturated rings. The highest BCUT2D eigenvalue weighted by Gasteiger charge is 2.42. The minimum atomic E-state index is -0.655. The molecule has 0 saturated heterocycles. The molecule has 176 valence electrons. The van der Waals surface area contributed by atoms with Gasteiger partial charge in [0, 0.05) is 17.4 Å². The number of carbonyl (C=O) groups is 2. The molecule has 5 rings (SSSR count). The predicted molar refractivity (Wildman–Crippen MR) is 138 cm³/mol. The Morgan fingerprint density at radius 3 is 2.68 bits per heavy atom. The third-order valence-corrected chi connectivity index (χ3v) is 7.81. The fourth-order valence-corrected chi connectivity index (χ4v) is 6.09. The molecule has 1 atom stereocenters. The Morgan fingerprint density at radius 2 is 1.88 bits per heavy atom. The Balaban J connectivity index is 1.39. The maximum absolute atomic E-state index is 13.0. The van der Waals surface area contributed by atoms with Crippen LogP contribution in [0.2, 0.25) is 0 Å². The van der Waals surface area contributed by atoms with Gasteiger partial charge in [-0.2, -0.15) is 4.99 Å². The van der Waals surface area contributed by atoms with E-state index in [0.717, 1.165) is 47.9 Å². The molecular weight excluding hydrogens is 444 g/mol. The number of carbonyl (C=O) groups excluding carboxylic acids is 2.